The van der Waals surface area contributed by atoms with E-state index >= 15 is 0 Å². The molecule has 4 nitrogen and oxygen atoms in total. The van der Waals surface area contributed by atoms with Crippen molar-refractivity contribution in [1.29, 1.82) is 0 Å². The first kappa shape index (κ1) is 10.8. The van der Waals surface area contributed by atoms with E-state index in [-0.39, 0.29) is 24.9 Å². The minimum atomic E-state index is -0.223. The molecule has 0 aliphatic carbocycles. The molecule has 0 aromatic carbocycles. The van der Waals surface area contributed by atoms with E-state index in [1.807, 2.05) is 16.3 Å². The van der Waals surface area contributed by atoms with Crippen LogP contribution in [0.1, 0.15) is 4.88 Å². The molecule has 1 aliphatic heterocycles. The van der Waals surface area contributed by atoms with Crippen LogP contribution in [0.4, 0.5) is 0 Å². The van der Waals surface area contributed by atoms with Gasteiger partial charge in [0.25, 0.3) is 0 Å². The number of carbonyl (C=O) groups excluding carboxylic acids is 2. The molecule has 1 N–H and O–H groups in total. The second-order valence-electron chi connectivity index (χ2n) is 3.31. The summed E-state index contributed by atoms with van der Waals surface area (Å²) in [5, 5.41) is 4.25. The van der Waals surface area contributed by atoms with Crippen LogP contribution in [-0.2, 0) is 16.1 Å². The van der Waals surface area contributed by atoms with Crippen molar-refractivity contribution in [3.8, 4) is 0 Å². The number of hydrogen-bond acceptors (Lipinski definition) is 4. The summed E-state index contributed by atoms with van der Waals surface area (Å²) in [6.07, 6.45) is 0. The summed E-state index contributed by atoms with van der Waals surface area (Å²) in [5.74, 6) is -0.446. The Bertz CT molecular complexity index is 389. The third kappa shape index (κ3) is 2.64. The number of hydrogen-bond donors (Lipinski definition) is 1. The van der Waals surface area contributed by atoms with Crippen LogP contribution >= 0.6 is 27.3 Å². The van der Waals surface area contributed by atoms with E-state index in [1.54, 1.807) is 11.3 Å². The molecule has 0 unspecified atom stereocenters. The first-order valence-corrected chi connectivity index (χ1v) is 6.09. The van der Waals surface area contributed by atoms with E-state index in [9.17, 15) is 9.59 Å². The fourth-order valence-corrected chi connectivity index (χ4v) is 2.97. The van der Waals surface area contributed by atoms with Crippen molar-refractivity contribution >= 4 is 39.1 Å². The van der Waals surface area contributed by atoms with Crippen LogP contribution in [0.3, 0.4) is 0 Å². The van der Waals surface area contributed by atoms with Crippen molar-refractivity contribution in [3.63, 3.8) is 0 Å². The predicted octanol–water partition coefficient (Wildman–Crippen LogP) is 0.969. The van der Waals surface area contributed by atoms with Gasteiger partial charge in [0.1, 0.15) is 0 Å². The predicted molar refractivity (Wildman–Crippen MR) is 60.4 cm³/mol. The minimum Gasteiger partial charge on any atom is -0.294 e. The lowest BCUT2D eigenvalue weighted by Gasteiger charge is -2.24. The Hall–Kier alpha value is -0.720. The molecule has 0 bridgehead atoms. The van der Waals surface area contributed by atoms with Gasteiger partial charge in [0, 0.05) is 15.9 Å². The van der Waals surface area contributed by atoms with Crippen molar-refractivity contribution in [3.05, 3.63) is 20.8 Å². The highest BCUT2D eigenvalue weighted by Gasteiger charge is 2.22. The van der Waals surface area contributed by atoms with Crippen LogP contribution in [0, 0.1) is 0 Å². The van der Waals surface area contributed by atoms with E-state index in [1.165, 1.54) is 0 Å². The van der Waals surface area contributed by atoms with Gasteiger partial charge in [-0.05, 0) is 27.4 Å². The molecule has 1 aromatic heterocycles. The Morgan fingerprint density at radius 2 is 2.07 bits per heavy atom. The third-order valence-corrected chi connectivity index (χ3v) is 3.98. The fraction of sp³-hybridized carbons (Fsp3) is 0.333. The van der Waals surface area contributed by atoms with Crippen molar-refractivity contribution in [2.45, 2.75) is 6.54 Å². The molecule has 6 heteroatoms. The van der Waals surface area contributed by atoms with Crippen LogP contribution in [0.15, 0.2) is 15.9 Å². The quantitative estimate of drug-likeness (QED) is 0.825. The number of amides is 2. The van der Waals surface area contributed by atoms with Gasteiger partial charge in [-0.1, -0.05) is 0 Å². The van der Waals surface area contributed by atoms with Gasteiger partial charge in [-0.2, -0.15) is 0 Å². The molecule has 0 radical (unpaired) electrons. The number of halogens is 1. The molecular weight excluding hydrogens is 280 g/mol. The molecule has 80 valence electrons. The number of piperazine rings is 1. The van der Waals surface area contributed by atoms with Crippen LogP contribution in [0.5, 0.6) is 0 Å². The molecule has 0 spiro atoms. The maximum atomic E-state index is 11.1. The number of rotatable bonds is 2. The third-order valence-electron chi connectivity index (χ3n) is 2.07. The van der Waals surface area contributed by atoms with Crippen molar-refractivity contribution in [2.24, 2.45) is 0 Å². The lowest BCUT2D eigenvalue weighted by molar-refractivity contribution is -0.136. The van der Waals surface area contributed by atoms with Gasteiger partial charge >= 0.3 is 0 Å². The second kappa shape index (κ2) is 4.42. The Balaban J connectivity index is 2.03. The topological polar surface area (TPSA) is 49.4 Å². The molecule has 1 aliphatic rings. The maximum absolute atomic E-state index is 11.1. The van der Waals surface area contributed by atoms with Gasteiger partial charge in [0.15, 0.2) is 0 Å². The van der Waals surface area contributed by atoms with Gasteiger partial charge in [0.05, 0.1) is 13.1 Å². The lowest BCUT2D eigenvalue weighted by atomic mass is 10.3. The summed E-state index contributed by atoms with van der Waals surface area (Å²) in [4.78, 5) is 25.2. The van der Waals surface area contributed by atoms with E-state index in [4.69, 9.17) is 0 Å². The van der Waals surface area contributed by atoms with Crippen molar-refractivity contribution < 1.29 is 9.59 Å². The molecule has 0 saturated carbocycles. The Morgan fingerprint density at radius 1 is 1.40 bits per heavy atom. The van der Waals surface area contributed by atoms with E-state index in [0.717, 1.165) is 9.35 Å². The van der Waals surface area contributed by atoms with Crippen LogP contribution < -0.4 is 5.32 Å². The van der Waals surface area contributed by atoms with E-state index in [2.05, 4.69) is 21.2 Å². The fourth-order valence-electron chi connectivity index (χ4n) is 1.45. The number of carbonyl (C=O) groups is 2. The summed E-state index contributed by atoms with van der Waals surface area (Å²) in [6.45, 7) is 1.21. The van der Waals surface area contributed by atoms with Crippen molar-refractivity contribution in [2.75, 3.05) is 13.1 Å². The van der Waals surface area contributed by atoms with Crippen LogP contribution in [0.25, 0.3) is 0 Å². The monoisotopic (exact) mass is 288 g/mol. The lowest BCUT2D eigenvalue weighted by Crippen LogP contribution is -2.50. The molecule has 0 atom stereocenters. The maximum Gasteiger partial charge on any atom is 0.240 e. The van der Waals surface area contributed by atoms with Crippen LogP contribution in [0.2, 0.25) is 0 Å². The number of nitrogens with one attached hydrogen (secondary N) is 1. The van der Waals surface area contributed by atoms with Gasteiger partial charge in [-0.25, -0.2) is 0 Å². The molecule has 1 fully saturated rings. The summed E-state index contributed by atoms with van der Waals surface area (Å²) >= 11 is 5.04. The highest BCUT2D eigenvalue weighted by atomic mass is 79.9. The number of thiophene rings is 1. The van der Waals surface area contributed by atoms with Gasteiger partial charge in [-0.15, -0.1) is 11.3 Å². The average molecular weight is 289 g/mol. The van der Waals surface area contributed by atoms with Gasteiger partial charge in [-0.3, -0.25) is 19.8 Å². The normalized spacial score (nSPS) is 17.9. The average Bonchev–Trinajstić information content (AvgIpc) is 2.50. The minimum absolute atomic E-state index is 0.223. The van der Waals surface area contributed by atoms with E-state index < -0.39 is 0 Å². The SMILES string of the molecule is O=C1CN(Cc2sccc2Br)CC(=O)N1. The van der Waals surface area contributed by atoms with Gasteiger partial charge < -0.3 is 0 Å². The Morgan fingerprint density at radius 3 is 2.60 bits per heavy atom. The zero-order valence-electron chi connectivity index (χ0n) is 7.83. The second-order valence-corrected chi connectivity index (χ2v) is 5.16. The summed E-state index contributed by atoms with van der Waals surface area (Å²) in [7, 11) is 0. The zero-order chi connectivity index (χ0) is 10.8. The van der Waals surface area contributed by atoms with Gasteiger partial charge in [0.2, 0.25) is 11.8 Å². The smallest absolute Gasteiger partial charge is 0.240 e. The first-order chi connectivity index (χ1) is 7.15. The highest BCUT2D eigenvalue weighted by molar-refractivity contribution is 9.10. The molecule has 1 aromatic rings. The Kier molecular flexibility index (Phi) is 3.18. The molecule has 2 heterocycles. The number of nitrogens with zero attached hydrogens (tertiary/aromatic N) is 1. The largest absolute Gasteiger partial charge is 0.294 e. The first-order valence-electron chi connectivity index (χ1n) is 4.42. The zero-order valence-corrected chi connectivity index (χ0v) is 10.2. The molecular formula is C9H9BrN2O2S. The summed E-state index contributed by atoms with van der Waals surface area (Å²) in [6, 6.07) is 1.96. The summed E-state index contributed by atoms with van der Waals surface area (Å²) in [5.41, 5.74) is 0. The Labute approximate surface area is 99.4 Å². The standard InChI is InChI=1S/C9H9BrN2O2S/c10-6-1-2-15-7(6)3-12-4-8(13)11-9(14)5-12/h1-2H,3-5H2,(H,11,13,14). The molecule has 1 saturated heterocycles. The molecule has 2 amide bonds. The van der Waals surface area contributed by atoms with E-state index in [0.29, 0.717) is 6.54 Å². The molecule has 2 rings (SSSR count). The van der Waals surface area contributed by atoms with Crippen molar-refractivity contribution in [1.82, 2.24) is 10.2 Å². The highest BCUT2D eigenvalue weighted by Crippen LogP contribution is 2.24. The number of imide groups is 1. The van der Waals surface area contributed by atoms with Crippen LogP contribution in [-0.4, -0.2) is 29.8 Å². The molecule has 15 heavy (non-hydrogen) atoms. The summed E-state index contributed by atoms with van der Waals surface area (Å²) < 4.78 is 1.03.